The van der Waals surface area contributed by atoms with Gasteiger partial charge in [-0.1, -0.05) is 6.58 Å². The molecule has 0 aromatic carbocycles. The maximum absolute atomic E-state index is 10.9. The summed E-state index contributed by atoms with van der Waals surface area (Å²) in [4.78, 5) is 20.8. The van der Waals surface area contributed by atoms with E-state index < -0.39 is 5.97 Å². The first-order valence-corrected chi connectivity index (χ1v) is 3.67. The van der Waals surface area contributed by atoms with Crippen LogP contribution in [0, 0.1) is 0 Å². The molecule has 0 unspecified atom stereocenters. The summed E-state index contributed by atoms with van der Waals surface area (Å²) in [6, 6.07) is 0. The highest BCUT2D eigenvalue weighted by Crippen LogP contribution is 2.06. The van der Waals surface area contributed by atoms with Gasteiger partial charge in [-0.3, -0.25) is 0 Å². The average molecular weight is 168 g/mol. The predicted molar refractivity (Wildman–Crippen MR) is 44.6 cm³/mol. The number of hydrogen-bond donors (Lipinski definition) is 0. The summed E-state index contributed by atoms with van der Waals surface area (Å²) in [6.07, 6.45) is 2.39. The van der Waals surface area contributed by atoms with Crippen LogP contribution in [0.3, 0.4) is 0 Å². The molecule has 0 saturated carbocycles. The Balaban J connectivity index is 3.94. The number of rotatable bonds is 5. The van der Waals surface area contributed by atoms with E-state index in [0.29, 0.717) is 24.8 Å². The van der Waals surface area contributed by atoms with Gasteiger partial charge >= 0.3 is 5.97 Å². The molecule has 0 heterocycles. The number of carbonyl (C=O) groups is 2. The lowest BCUT2D eigenvalue weighted by Gasteiger charge is -1.99. The molecule has 0 saturated heterocycles. The molecule has 0 aromatic heterocycles. The zero-order chi connectivity index (χ0) is 9.40. The summed E-state index contributed by atoms with van der Waals surface area (Å²) >= 11 is 0. The molecule has 0 bridgehead atoms. The third-order valence-corrected chi connectivity index (χ3v) is 1.39. The number of hydrogen-bond acceptors (Lipinski definition) is 3. The van der Waals surface area contributed by atoms with E-state index >= 15 is 0 Å². The van der Waals surface area contributed by atoms with Gasteiger partial charge in [0.25, 0.3) is 0 Å². The summed E-state index contributed by atoms with van der Waals surface area (Å²) in [5, 5.41) is 0. The lowest BCUT2D eigenvalue weighted by Crippen LogP contribution is -2.03. The first-order valence-electron chi connectivity index (χ1n) is 3.67. The smallest absolute Gasteiger partial charge is 0.341 e. The number of ether oxygens (including phenoxy) is 1. The first-order chi connectivity index (χ1) is 5.76. The quantitative estimate of drug-likeness (QED) is 0.204. The van der Waals surface area contributed by atoms with Crippen molar-refractivity contribution >= 4 is 12.3 Å². The van der Waals surface area contributed by atoms with Crippen LogP contribution in [0.5, 0.6) is 0 Å². The van der Waals surface area contributed by atoms with Crippen molar-refractivity contribution in [2.75, 3.05) is 7.11 Å². The molecule has 0 amide bonds. The van der Waals surface area contributed by atoms with Crippen molar-refractivity contribution < 1.29 is 14.3 Å². The van der Waals surface area contributed by atoms with Gasteiger partial charge in [-0.25, -0.2) is 4.79 Å². The van der Waals surface area contributed by atoms with Gasteiger partial charge < -0.3 is 9.53 Å². The number of carbonyl (C=O) groups excluding carboxylic acids is 2. The maximum atomic E-state index is 10.9. The second-order valence-corrected chi connectivity index (χ2v) is 2.21. The topological polar surface area (TPSA) is 43.4 Å². The summed E-state index contributed by atoms with van der Waals surface area (Å²) in [6.45, 7) is 3.36. The SMILES string of the molecule is C=C=C(CCCC=O)C(=O)OC. The van der Waals surface area contributed by atoms with Gasteiger partial charge in [0, 0.05) is 6.42 Å². The molecule has 0 aromatic rings. The van der Waals surface area contributed by atoms with E-state index in [9.17, 15) is 9.59 Å². The summed E-state index contributed by atoms with van der Waals surface area (Å²) < 4.78 is 4.47. The minimum absolute atomic E-state index is 0.402. The Bertz CT molecular complexity index is 212. The van der Waals surface area contributed by atoms with Gasteiger partial charge in [-0.15, -0.1) is 5.73 Å². The normalized spacial score (nSPS) is 8.42. The van der Waals surface area contributed by atoms with Gasteiger partial charge in [-0.2, -0.15) is 0 Å². The Kier molecular flexibility index (Phi) is 5.66. The van der Waals surface area contributed by atoms with Crippen LogP contribution in [0.1, 0.15) is 19.3 Å². The van der Waals surface area contributed by atoms with Gasteiger partial charge in [-0.05, 0) is 12.8 Å². The molecular formula is C9H12O3. The van der Waals surface area contributed by atoms with E-state index in [1.165, 1.54) is 7.11 Å². The minimum Gasteiger partial charge on any atom is -0.465 e. The van der Waals surface area contributed by atoms with Crippen molar-refractivity contribution in [2.24, 2.45) is 0 Å². The van der Waals surface area contributed by atoms with Crippen molar-refractivity contribution in [1.82, 2.24) is 0 Å². The van der Waals surface area contributed by atoms with Crippen LogP contribution in [-0.2, 0) is 14.3 Å². The van der Waals surface area contributed by atoms with E-state index in [2.05, 4.69) is 17.0 Å². The Morgan fingerprint density at radius 3 is 2.75 bits per heavy atom. The van der Waals surface area contributed by atoms with Crippen LogP contribution in [0.2, 0.25) is 0 Å². The van der Waals surface area contributed by atoms with Crippen LogP contribution in [0.15, 0.2) is 17.9 Å². The zero-order valence-corrected chi connectivity index (χ0v) is 7.13. The van der Waals surface area contributed by atoms with Crippen molar-refractivity contribution in [3.63, 3.8) is 0 Å². The maximum Gasteiger partial charge on any atom is 0.341 e. The largest absolute Gasteiger partial charge is 0.465 e. The number of methoxy groups -OCH3 is 1. The molecule has 3 nitrogen and oxygen atoms in total. The van der Waals surface area contributed by atoms with Crippen LogP contribution < -0.4 is 0 Å². The lowest BCUT2D eigenvalue weighted by atomic mass is 10.1. The lowest BCUT2D eigenvalue weighted by molar-refractivity contribution is -0.136. The molecule has 0 N–H and O–H groups in total. The molecule has 0 atom stereocenters. The molecule has 66 valence electrons. The second kappa shape index (κ2) is 6.38. The molecule has 0 fully saturated rings. The van der Waals surface area contributed by atoms with Crippen LogP contribution >= 0.6 is 0 Å². The Morgan fingerprint density at radius 2 is 2.33 bits per heavy atom. The Hall–Kier alpha value is -1.34. The van der Waals surface area contributed by atoms with Crippen LogP contribution in [0.4, 0.5) is 0 Å². The highest BCUT2D eigenvalue weighted by atomic mass is 16.5. The van der Waals surface area contributed by atoms with E-state index in [1.807, 2.05) is 0 Å². The average Bonchev–Trinajstić information content (AvgIpc) is 2.11. The van der Waals surface area contributed by atoms with Crippen molar-refractivity contribution in [1.29, 1.82) is 0 Å². The van der Waals surface area contributed by atoms with E-state index in [4.69, 9.17) is 0 Å². The highest BCUT2D eigenvalue weighted by molar-refractivity contribution is 5.87. The van der Waals surface area contributed by atoms with Crippen molar-refractivity contribution in [3.05, 3.63) is 17.9 Å². The third kappa shape index (κ3) is 3.74. The van der Waals surface area contributed by atoms with Crippen LogP contribution in [0.25, 0.3) is 0 Å². The molecule has 0 spiro atoms. The standard InChI is InChI=1S/C9H12O3/c1-3-8(9(11)12-2)6-4-5-7-10/h7H,1,4-6H2,2H3. The molecule has 12 heavy (non-hydrogen) atoms. The monoisotopic (exact) mass is 168 g/mol. The molecule has 0 aliphatic heterocycles. The van der Waals surface area contributed by atoms with Crippen molar-refractivity contribution in [2.45, 2.75) is 19.3 Å². The van der Waals surface area contributed by atoms with Gasteiger partial charge in [0.05, 0.1) is 12.7 Å². The van der Waals surface area contributed by atoms with Crippen molar-refractivity contribution in [3.8, 4) is 0 Å². The zero-order valence-electron chi connectivity index (χ0n) is 7.13. The number of esters is 1. The van der Waals surface area contributed by atoms with Crippen LogP contribution in [-0.4, -0.2) is 19.4 Å². The summed E-state index contributed by atoms with van der Waals surface area (Å²) in [5.74, 6) is -0.420. The molecule has 0 aliphatic rings. The van der Waals surface area contributed by atoms with E-state index in [-0.39, 0.29) is 0 Å². The van der Waals surface area contributed by atoms with Gasteiger partial charge in [0.1, 0.15) is 6.29 Å². The molecular weight excluding hydrogens is 156 g/mol. The van der Waals surface area contributed by atoms with E-state index in [1.54, 1.807) is 0 Å². The third-order valence-electron chi connectivity index (χ3n) is 1.39. The minimum atomic E-state index is -0.420. The fraction of sp³-hybridized carbons (Fsp3) is 0.444. The molecule has 0 rings (SSSR count). The first kappa shape index (κ1) is 10.7. The summed E-state index contributed by atoms with van der Waals surface area (Å²) in [5.41, 5.74) is 2.89. The Labute approximate surface area is 71.7 Å². The fourth-order valence-electron chi connectivity index (χ4n) is 0.748. The highest BCUT2D eigenvalue weighted by Gasteiger charge is 2.06. The van der Waals surface area contributed by atoms with Gasteiger partial charge in [0.2, 0.25) is 0 Å². The Morgan fingerprint density at radius 1 is 1.67 bits per heavy atom. The van der Waals surface area contributed by atoms with Gasteiger partial charge in [0.15, 0.2) is 0 Å². The predicted octanol–water partition coefficient (Wildman–Crippen LogP) is 1.24. The number of aldehydes is 1. The molecule has 0 radical (unpaired) electrons. The fourth-order valence-corrected chi connectivity index (χ4v) is 0.748. The second-order valence-electron chi connectivity index (χ2n) is 2.21. The number of unbranched alkanes of at least 4 members (excludes halogenated alkanes) is 1. The summed E-state index contributed by atoms with van der Waals surface area (Å²) in [7, 11) is 1.30. The molecule has 0 aliphatic carbocycles. The van der Waals surface area contributed by atoms with E-state index in [0.717, 1.165) is 6.29 Å². The molecule has 3 heteroatoms.